The molecule has 1 atom stereocenters. The minimum Gasteiger partial charge on any atom is -0.337 e. The summed E-state index contributed by atoms with van der Waals surface area (Å²) in [5.41, 5.74) is -1.53. The average Bonchev–Trinajstić information content (AvgIpc) is 2.29. The first-order valence-electron chi connectivity index (χ1n) is 5.48. The monoisotopic (exact) mass is 291 g/mol. The van der Waals surface area contributed by atoms with Crippen molar-refractivity contribution in [3.8, 4) is 0 Å². The summed E-state index contributed by atoms with van der Waals surface area (Å²) in [5, 5.41) is 2.95. The fourth-order valence-corrected chi connectivity index (χ4v) is 4.75. The zero-order chi connectivity index (χ0) is 12.7. The molecule has 0 amide bonds. The molecule has 0 heterocycles. The van der Waals surface area contributed by atoms with Gasteiger partial charge in [0.1, 0.15) is 0 Å². The van der Waals surface area contributed by atoms with Crippen LogP contribution in [0.3, 0.4) is 0 Å². The SMILES string of the molecule is CCc1cccc(SP(O)(=S)OCCNC)c1. The molecule has 1 rings (SSSR count). The van der Waals surface area contributed by atoms with Gasteiger partial charge < -0.3 is 14.7 Å². The molecule has 1 aromatic carbocycles. The second-order valence-electron chi connectivity index (χ2n) is 3.50. The van der Waals surface area contributed by atoms with Gasteiger partial charge in [0, 0.05) is 11.4 Å². The van der Waals surface area contributed by atoms with Crippen LogP contribution in [-0.4, -0.2) is 25.1 Å². The van der Waals surface area contributed by atoms with Crippen molar-refractivity contribution in [2.45, 2.75) is 18.2 Å². The van der Waals surface area contributed by atoms with Gasteiger partial charge in [-0.25, -0.2) is 0 Å². The third-order valence-corrected chi connectivity index (χ3v) is 5.97. The number of benzene rings is 1. The summed E-state index contributed by atoms with van der Waals surface area (Å²) in [6, 6.07) is 8.03. The lowest BCUT2D eigenvalue weighted by Gasteiger charge is -2.15. The van der Waals surface area contributed by atoms with Crippen LogP contribution >= 0.6 is 17.1 Å². The van der Waals surface area contributed by atoms with Crippen molar-refractivity contribution in [2.75, 3.05) is 20.2 Å². The summed E-state index contributed by atoms with van der Waals surface area (Å²) >= 11 is 6.36. The molecule has 0 aliphatic rings. The molecule has 1 unspecified atom stereocenters. The molecule has 3 nitrogen and oxygen atoms in total. The van der Waals surface area contributed by atoms with Crippen molar-refractivity contribution in [1.82, 2.24) is 5.32 Å². The Morgan fingerprint density at radius 2 is 2.29 bits per heavy atom. The van der Waals surface area contributed by atoms with Crippen LogP contribution in [0.2, 0.25) is 0 Å². The highest BCUT2D eigenvalue weighted by Crippen LogP contribution is 2.59. The summed E-state index contributed by atoms with van der Waals surface area (Å²) in [7, 11) is 1.84. The lowest BCUT2D eigenvalue weighted by Crippen LogP contribution is -2.12. The fourth-order valence-electron chi connectivity index (χ4n) is 1.24. The Bertz CT molecular complexity index is 401. The minimum atomic E-state index is -2.76. The molecule has 0 spiro atoms. The molecular weight excluding hydrogens is 273 g/mol. The highest BCUT2D eigenvalue weighted by atomic mass is 32.9. The smallest absolute Gasteiger partial charge is 0.249 e. The van der Waals surface area contributed by atoms with Gasteiger partial charge in [-0.15, -0.1) is 0 Å². The molecule has 0 radical (unpaired) electrons. The average molecular weight is 291 g/mol. The van der Waals surface area contributed by atoms with Crippen LogP contribution in [0.5, 0.6) is 0 Å². The number of hydrogen-bond donors (Lipinski definition) is 2. The Labute approximate surface area is 112 Å². The highest BCUT2D eigenvalue weighted by molar-refractivity contribution is 8.67. The molecule has 0 fully saturated rings. The predicted octanol–water partition coefficient (Wildman–Crippen LogP) is 2.79. The third-order valence-electron chi connectivity index (χ3n) is 2.13. The van der Waals surface area contributed by atoms with E-state index in [2.05, 4.69) is 18.3 Å². The van der Waals surface area contributed by atoms with E-state index in [1.54, 1.807) is 0 Å². The van der Waals surface area contributed by atoms with E-state index in [4.69, 9.17) is 16.3 Å². The number of hydrogen-bond acceptors (Lipinski definition) is 4. The van der Waals surface area contributed by atoms with Crippen molar-refractivity contribution >= 4 is 28.9 Å². The summed E-state index contributed by atoms with van der Waals surface area (Å²) in [6.07, 6.45) is 0.976. The van der Waals surface area contributed by atoms with Crippen LogP contribution in [-0.2, 0) is 22.8 Å². The second kappa shape index (κ2) is 7.52. The Morgan fingerprint density at radius 1 is 1.53 bits per heavy atom. The van der Waals surface area contributed by atoms with Gasteiger partial charge in [-0.1, -0.05) is 19.1 Å². The molecule has 2 N–H and O–H groups in total. The van der Waals surface area contributed by atoms with E-state index in [9.17, 15) is 4.89 Å². The molecule has 0 aromatic heterocycles. The van der Waals surface area contributed by atoms with Crippen molar-refractivity contribution in [3.63, 3.8) is 0 Å². The second-order valence-corrected chi connectivity index (χ2v) is 9.56. The maximum atomic E-state index is 10.00. The van der Waals surface area contributed by atoms with E-state index in [-0.39, 0.29) is 0 Å². The summed E-state index contributed by atoms with van der Waals surface area (Å²) in [5.74, 6) is 0. The molecule has 17 heavy (non-hydrogen) atoms. The largest absolute Gasteiger partial charge is 0.337 e. The maximum Gasteiger partial charge on any atom is 0.249 e. The summed E-state index contributed by atoms with van der Waals surface area (Å²) in [4.78, 5) is 11.0. The molecule has 0 aliphatic heterocycles. The van der Waals surface area contributed by atoms with E-state index < -0.39 is 5.69 Å². The first-order valence-corrected chi connectivity index (χ1v) is 9.57. The first-order chi connectivity index (χ1) is 8.07. The Kier molecular flexibility index (Phi) is 6.70. The van der Waals surface area contributed by atoms with Crippen LogP contribution in [0, 0.1) is 0 Å². The lowest BCUT2D eigenvalue weighted by molar-refractivity contribution is 0.320. The highest BCUT2D eigenvalue weighted by Gasteiger charge is 2.15. The molecule has 0 bridgehead atoms. The molecule has 0 aliphatic carbocycles. The molecule has 6 heteroatoms. The Hall–Kier alpha value is 0.1000. The van der Waals surface area contributed by atoms with Crippen LogP contribution in [0.25, 0.3) is 0 Å². The van der Waals surface area contributed by atoms with Crippen LogP contribution < -0.4 is 5.32 Å². The van der Waals surface area contributed by atoms with E-state index in [0.717, 1.165) is 11.3 Å². The van der Waals surface area contributed by atoms with Gasteiger partial charge in [0.2, 0.25) is 5.69 Å². The zero-order valence-electron chi connectivity index (χ0n) is 10.0. The van der Waals surface area contributed by atoms with Crippen LogP contribution in [0.4, 0.5) is 0 Å². The lowest BCUT2D eigenvalue weighted by atomic mass is 10.2. The topological polar surface area (TPSA) is 41.5 Å². The molecule has 0 saturated carbocycles. The minimum absolute atomic E-state index is 0.435. The van der Waals surface area contributed by atoms with Crippen molar-refractivity contribution < 1.29 is 9.42 Å². The van der Waals surface area contributed by atoms with Crippen molar-refractivity contribution in [1.29, 1.82) is 0 Å². The van der Waals surface area contributed by atoms with Crippen LogP contribution in [0.1, 0.15) is 12.5 Å². The molecular formula is C11H18NO2PS2. The van der Waals surface area contributed by atoms with E-state index in [0.29, 0.717) is 13.2 Å². The Morgan fingerprint density at radius 3 is 2.94 bits per heavy atom. The van der Waals surface area contributed by atoms with Gasteiger partial charge in [-0.3, -0.25) is 0 Å². The molecule has 1 aromatic rings. The first kappa shape index (κ1) is 15.2. The quantitative estimate of drug-likeness (QED) is 0.597. The van der Waals surface area contributed by atoms with Gasteiger partial charge in [0.25, 0.3) is 0 Å². The van der Waals surface area contributed by atoms with Gasteiger partial charge in [-0.2, -0.15) is 0 Å². The van der Waals surface area contributed by atoms with Gasteiger partial charge >= 0.3 is 0 Å². The standard InChI is InChI=1S/C11H18NO2PS2/c1-3-10-5-4-6-11(9-10)17-15(13,16)14-8-7-12-2/h4-6,9,12H,3,7-8H2,1-2H3,(H,13,16). The van der Waals surface area contributed by atoms with E-state index in [1.165, 1.54) is 16.9 Å². The van der Waals surface area contributed by atoms with Gasteiger partial charge in [0.05, 0.1) is 6.61 Å². The van der Waals surface area contributed by atoms with Crippen molar-refractivity contribution in [3.05, 3.63) is 29.8 Å². The van der Waals surface area contributed by atoms with E-state index >= 15 is 0 Å². The number of nitrogens with one attached hydrogen (secondary N) is 1. The van der Waals surface area contributed by atoms with E-state index in [1.807, 2.05) is 25.2 Å². The number of rotatable bonds is 7. The number of aryl methyl sites for hydroxylation is 1. The summed E-state index contributed by atoms with van der Waals surface area (Å²) < 4.78 is 5.33. The molecule has 96 valence electrons. The maximum absolute atomic E-state index is 10.00. The van der Waals surface area contributed by atoms with Crippen molar-refractivity contribution in [2.24, 2.45) is 0 Å². The van der Waals surface area contributed by atoms with Gasteiger partial charge in [0.15, 0.2) is 0 Å². The fraction of sp³-hybridized carbons (Fsp3) is 0.455. The van der Waals surface area contributed by atoms with Crippen LogP contribution in [0.15, 0.2) is 29.2 Å². The number of likely N-dealkylation sites (N-methyl/N-ethyl adjacent to an activating group) is 1. The Balaban J connectivity index is 2.59. The van der Waals surface area contributed by atoms with Gasteiger partial charge in [-0.05, 0) is 54.4 Å². The third kappa shape index (κ3) is 6.00. The predicted molar refractivity (Wildman–Crippen MR) is 78.1 cm³/mol. The normalized spacial score (nSPS) is 14.5. The zero-order valence-corrected chi connectivity index (χ0v) is 12.6. The summed E-state index contributed by atoms with van der Waals surface area (Å²) in [6.45, 7) is 3.22. The molecule has 0 saturated heterocycles.